The molecule has 4 heteroatoms. The van der Waals surface area contributed by atoms with E-state index in [2.05, 4.69) is 19.9 Å². The molecular weight excluding hydrogens is 222 g/mol. The Morgan fingerprint density at radius 3 is 2.62 bits per heavy atom. The summed E-state index contributed by atoms with van der Waals surface area (Å²) in [5, 5.41) is 0. The maximum Gasteiger partial charge on any atom is 0.0728 e. The SMILES string of the molecule is CCCOCCOCc1cc(CN)sc1C. The monoisotopic (exact) mass is 243 g/mol. The van der Waals surface area contributed by atoms with E-state index in [9.17, 15) is 0 Å². The highest BCUT2D eigenvalue weighted by Crippen LogP contribution is 2.21. The quantitative estimate of drug-likeness (QED) is 0.713. The van der Waals surface area contributed by atoms with Crippen LogP contribution in [0.2, 0.25) is 0 Å². The van der Waals surface area contributed by atoms with Gasteiger partial charge in [0.1, 0.15) is 0 Å². The molecule has 16 heavy (non-hydrogen) atoms. The third-order valence-corrected chi connectivity index (χ3v) is 3.37. The fraction of sp³-hybridized carbons (Fsp3) is 0.667. The van der Waals surface area contributed by atoms with Crippen LogP contribution in [-0.4, -0.2) is 19.8 Å². The second-order valence-electron chi connectivity index (χ2n) is 3.66. The molecule has 0 unspecified atom stereocenters. The van der Waals surface area contributed by atoms with E-state index in [1.54, 1.807) is 11.3 Å². The molecule has 1 aromatic rings. The first kappa shape index (κ1) is 13.6. The molecule has 0 bridgehead atoms. The molecule has 0 saturated heterocycles. The minimum atomic E-state index is 0.616. The van der Waals surface area contributed by atoms with Gasteiger partial charge in [0.15, 0.2) is 0 Å². The Balaban J connectivity index is 2.18. The zero-order valence-electron chi connectivity index (χ0n) is 10.1. The van der Waals surface area contributed by atoms with Crippen LogP contribution in [0.25, 0.3) is 0 Å². The van der Waals surface area contributed by atoms with Gasteiger partial charge in [0.25, 0.3) is 0 Å². The third-order valence-electron chi connectivity index (χ3n) is 2.25. The van der Waals surface area contributed by atoms with Crippen molar-refractivity contribution >= 4 is 11.3 Å². The Kier molecular flexibility index (Phi) is 6.64. The van der Waals surface area contributed by atoms with Crippen molar-refractivity contribution in [3.8, 4) is 0 Å². The van der Waals surface area contributed by atoms with Crippen molar-refractivity contribution in [3.05, 3.63) is 21.4 Å². The number of aryl methyl sites for hydroxylation is 1. The first-order valence-electron chi connectivity index (χ1n) is 5.71. The molecule has 0 fully saturated rings. The molecule has 2 N–H and O–H groups in total. The zero-order chi connectivity index (χ0) is 11.8. The van der Waals surface area contributed by atoms with E-state index in [1.807, 2.05) is 0 Å². The summed E-state index contributed by atoms with van der Waals surface area (Å²) >= 11 is 1.75. The Bertz CT molecular complexity index is 299. The highest BCUT2D eigenvalue weighted by atomic mass is 32.1. The molecule has 0 atom stereocenters. The van der Waals surface area contributed by atoms with Gasteiger partial charge in [-0.2, -0.15) is 0 Å². The van der Waals surface area contributed by atoms with Crippen LogP contribution in [0, 0.1) is 6.92 Å². The smallest absolute Gasteiger partial charge is 0.0728 e. The fourth-order valence-corrected chi connectivity index (χ4v) is 2.30. The van der Waals surface area contributed by atoms with Gasteiger partial charge in [-0.3, -0.25) is 0 Å². The van der Waals surface area contributed by atoms with E-state index in [-0.39, 0.29) is 0 Å². The lowest BCUT2D eigenvalue weighted by molar-refractivity contribution is 0.0408. The van der Waals surface area contributed by atoms with E-state index in [4.69, 9.17) is 15.2 Å². The summed E-state index contributed by atoms with van der Waals surface area (Å²) in [5.41, 5.74) is 6.84. The summed E-state index contributed by atoms with van der Waals surface area (Å²) in [6.07, 6.45) is 1.06. The third kappa shape index (κ3) is 4.61. The maximum atomic E-state index is 5.59. The summed E-state index contributed by atoms with van der Waals surface area (Å²) in [4.78, 5) is 2.52. The van der Waals surface area contributed by atoms with E-state index >= 15 is 0 Å². The maximum absolute atomic E-state index is 5.59. The molecule has 0 amide bonds. The van der Waals surface area contributed by atoms with Gasteiger partial charge in [0.05, 0.1) is 19.8 Å². The lowest BCUT2D eigenvalue weighted by Gasteiger charge is -2.04. The normalized spacial score (nSPS) is 10.9. The lowest BCUT2D eigenvalue weighted by atomic mass is 10.2. The first-order valence-corrected chi connectivity index (χ1v) is 6.53. The van der Waals surface area contributed by atoms with Gasteiger partial charge in [-0.15, -0.1) is 11.3 Å². The van der Waals surface area contributed by atoms with Crippen LogP contribution in [0.5, 0.6) is 0 Å². The average molecular weight is 243 g/mol. The predicted octanol–water partition coefficient (Wildman–Crippen LogP) is 2.46. The summed E-state index contributed by atoms with van der Waals surface area (Å²) in [7, 11) is 0. The Morgan fingerprint density at radius 1 is 1.25 bits per heavy atom. The van der Waals surface area contributed by atoms with Gasteiger partial charge < -0.3 is 15.2 Å². The standard InChI is InChI=1S/C12H21NO2S/c1-3-4-14-5-6-15-9-11-7-12(8-13)16-10(11)2/h7H,3-6,8-9,13H2,1-2H3. The molecule has 3 nitrogen and oxygen atoms in total. The number of nitrogens with two attached hydrogens (primary N) is 1. The van der Waals surface area contributed by atoms with Crippen LogP contribution in [0.1, 0.15) is 28.7 Å². The van der Waals surface area contributed by atoms with Gasteiger partial charge in [0, 0.05) is 22.9 Å². The van der Waals surface area contributed by atoms with Crippen molar-refractivity contribution < 1.29 is 9.47 Å². The summed E-state index contributed by atoms with van der Waals surface area (Å²) < 4.78 is 10.9. The molecule has 1 heterocycles. The number of hydrogen-bond acceptors (Lipinski definition) is 4. The van der Waals surface area contributed by atoms with Gasteiger partial charge in [-0.25, -0.2) is 0 Å². The molecule has 0 aliphatic heterocycles. The van der Waals surface area contributed by atoms with Crippen LogP contribution in [0.15, 0.2) is 6.07 Å². The fourth-order valence-electron chi connectivity index (χ4n) is 1.38. The summed E-state index contributed by atoms with van der Waals surface area (Å²) in [6.45, 7) is 7.65. The molecule has 92 valence electrons. The summed E-state index contributed by atoms with van der Waals surface area (Å²) in [6, 6.07) is 2.13. The minimum Gasteiger partial charge on any atom is -0.379 e. The van der Waals surface area contributed by atoms with Crippen molar-refractivity contribution in [2.75, 3.05) is 19.8 Å². The Hall–Kier alpha value is -0.420. The van der Waals surface area contributed by atoms with Crippen LogP contribution in [0.3, 0.4) is 0 Å². The molecule has 0 radical (unpaired) electrons. The topological polar surface area (TPSA) is 44.5 Å². The molecule has 0 aliphatic rings. The lowest BCUT2D eigenvalue weighted by Crippen LogP contribution is -2.04. The Labute approximate surface area is 102 Å². The van der Waals surface area contributed by atoms with E-state index in [1.165, 1.54) is 15.3 Å². The molecule has 0 aromatic carbocycles. The van der Waals surface area contributed by atoms with Gasteiger partial charge in [0.2, 0.25) is 0 Å². The first-order chi connectivity index (χ1) is 7.77. The molecule has 0 spiro atoms. The summed E-state index contributed by atoms with van der Waals surface area (Å²) in [5.74, 6) is 0. The number of hydrogen-bond donors (Lipinski definition) is 1. The average Bonchev–Trinajstić information content (AvgIpc) is 2.65. The molecule has 1 rings (SSSR count). The van der Waals surface area contributed by atoms with Gasteiger partial charge in [-0.05, 0) is 25.0 Å². The van der Waals surface area contributed by atoms with Crippen LogP contribution in [-0.2, 0) is 22.6 Å². The van der Waals surface area contributed by atoms with Gasteiger partial charge >= 0.3 is 0 Å². The van der Waals surface area contributed by atoms with E-state index in [0.717, 1.165) is 13.0 Å². The highest BCUT2D eigenvalue weighted by molar-refractivity contribution is 7.12. The molecular formula is C12H21NO2S. The van der Waals surface area contributed by atoms with Crippen molar-refractivity contribution in [1.82, 2.24) is 0 Å². The second-order valence-corrected chi connectivity index (χ2v) is 5.00. The molecule has 0 saturated carbocycles. The van der Waals surface area contributed by atoms with Crippen molar-refractivity contribution in [1.29, 1.82) is 0 Å². The van der Waals surface area contributed by atoms with Crippen molar-refractivity contribution in [2.24, 2.45) is 5.73 Å². The number of rotatable bonds is 8. The second kappa shape index (κ2) is 7.79. The Morgan fingerprint density at radius 2 is 2.00 bits per heavy atom. The van der Waals surface area contributed by atoms with Crippen LogP contribution in [0.4, 0.5) is 0 Å². The zero-order valence-corrected chi connectivity index (χ0v) is 10.9. The number of thiophene rings is 1. The predicted molar refractivity (Wildman–Crippen MR) is 67.7 cm³/mol. The molecule has 0 aliphatic carbocycles. The van der Waals surface area contributed by atoms with Crippen molar-refractivity contribution in [2.45, 2.75) is 33.4 Å². The van der Waals surface area contributed by atoms with Crippen LogP contribution < -0.4 is 5.73 Å². The van der Waals surface area contributed by atoms with Gasteiger partial charge in [-0.1, -0.05) is 6.92 Å². The number of ether oxygens (including phenoxy) is 2. The van der Waals surface area contributed by atoms with Crippen molar-refractivity contribution in [3.63, 3.8) is 0 Å². The van der Waals surface area contributed by atoms with Crippen LogP contribution >= 0.6 is 11.3 Å². The largest absolute Gasteiger partial charge is 0.379 e. The minimum absolute atomic E-state index is 0.616. The molecule has 1 aromatic heterocycles. The van der Waals surface area contributed by atoms with E-state index in [0.29, 0.717) is 26.4 Å². The van der Waals surface area contributed by atoms with E-state index < -0.39 is 0 Å². The highest BCUT2D eigenvalue weighted by Gasteiger charge is 2.04.